The number of thioether (sulfide) groups is 1. The Hall–Kier alpha value is -2.70. The maximum absolute atomic E-state index is 12.7. The monoisotopic (exact) mass is 891 g/mol. The Kier molecular flexibility index (Phi) is 18.4. The van der Waals surface area contributed by atoms with Crippen LogP contribution in [0.15, 0.2) is 24.8 Å². The lowest BCUT2D eigenvalue weighted by molar-refractivity contribution is -0.137. The molecule has 3 heterocycles. The van der Waals surface area contributed by atoms with E-state index in [0.717, 1.165) is 48.2 Å². The molecule has 57 heavy (non-hydrogen) atoms. The van der Waals surface area contributed by atoms with Crippen LogP contribution in [0, 0.1) is 5.41 Å². The fourth-order valence-electron chi connectivity index (χ4n) is 4.97. The third-order valence-corrected chi connectivity index (χ3v) is 11.9. The highest BCUT2D eigenvalue weighted by molar-refractivity contribution is 8.13. The molecular formula is C29H48N7O17P3S. The molecule has 322 valence electrons. The molecule has 0 aliphatic carbocycles. The summed E-state index contributed by atoms with van der Waals surface area (Å²) >= 11 is 1.08. The van der Waals surface area contributed by atoms with E-state index in [4.69, 9.17) is 19.5 Å². The van der Waals surface area contributed by atoms with Crippen LogP contribution in [0.1, 0.15) is 59.1 Å². The van der Waals surface area contributed by atoms with E-state index in [2.05, 4.69) is 41.3 Å². The highest BCUT2D eigenvalue weighted by atomic mass is 32.2. The summed E-state index contributed by atoms with van der Waals surface area (Å²) in [5.74, 6) is -1.09. The number of allylic oxidation sites excluding steroid dienone is 2. The van der Waals surface area contributed by atoms with Gasteiger partial charge in [0.1, 0.15) is 36.3 Å². The van der Waals surface area contributed by atoms with E-state index in [1.54, 1.807) is 0 Å². The van der Waals surface area contributed by atoms with Crippen molar-refractivity contribution in [3.05, 3.63) is 24.8 Å². The van der Waals surface area contributed by atoms with Crippen molar-refractivity contribution in [3.63, 3.8) is 0 Å². The van der Waals surface area contributed by atoms with E-state index >= 15 is 0 Å². The molecule has 0 radical (unpaired) electrons. The van der Waals surface area contributed by atoms with Crippen LogP contribution >= 0.6 is 35.2 Å². The van der Waals surface area contributed by atoms with Gasteiger partial charge in [-0.05, 0) is 6.42 Å². The lowest BCUT2D eigenvalue weighted by atomic mass is 9.87. The van der Waals surface area contributed by atoms with Gasteiger partial charge in [0.05, 0.1) is 19.5 Å². The quantitative estimate of drug-likeness (QED) is 0.0400. The summed E-state index contributed by atoms with van der Waals surface area (Å²) in [5, 5.41) is 26.4. The van der Waals surface area contributed by atoms with Crippen LogP contribution in [0.2, 0.25) is 0 Å². The number of fused-ring (bicyclic) bond motifs is 1. The molecule has 7 atom stereocenters. The molecule has 1 aliphatic rings. The van der Waals surface area contributed by atoms with Crippen molar-refractivity contribution < 1.29 is 80.5 Å². The van der Waals surface area contributed by atoms with Gasteiger partial charge < -0.3 is 50.9 Å². The number of unbranched alkanes of at least 4 members (excludes halogenated alkanes) is 2. The number of carbonyl (C=O) groups excluding carboxylic acids is 3. The molecule has 2 aromatic rings. The number of hydrogen-bond acceptors (Lipinski definition) is 18. The molecule has 1 aliphatic heterocycles. The minimum Gasteiger partial charge on any atom is -0.386 e. The van der Waals surface area contributed by atoms with E-state index in [0.29, 0.717) is 12.2 Å². The molecule has 0 aromatic carbocycles. The number of carbonyl (C=O) groups is 3. The predicted octanol–water partition coefficient (Wildman–Crippen LogP) is 0.801. The molecular weight excluding hydrogens is 843 g/mol. The van der Waals surface area contributed by atoms with Crippen LogP contribution in [0.4, 0.5) is 5.82 Å². The fourth-order valence-corrected chi connectivity index (χ4v) is 8.45. The van der Waals surface area contributed by atoms with Crippen molar-refractivity contribution in [1.82, 2.24) is 30.2 Å². The number of aliphatic hydroxyl groups excluding tert-OH is 2. The minimum absolute atomic E-state index is 0.0311. The number of rotatable bonds is 24. The first-order valence-corrected chi connectivity index (χ1v) is 22.8. The standard InChI is InChI=1S/C29H48N7O17P3S/c1-4-5-6-7-8-9-20(38)57-13-12-31-19(37)10-11-32-27(41)24(40)29(2,3)15-50-56(47,48)53-55(45,46)49-14-18-23(52-54(42,43)44)22(39)28(51-18)36-17-35-21-25(30)33-16-34-26(21)36/h7-8,16-18,22-24,28,39-40H,4-6,9-15H2,1-3H3,(H,31,37)(H,32,41)(H,45,46)(H,47,48)(H2,30,33,34)(H2,42,43,44)/t18-,22-,23-,24+,28-/m1/s1. The summed E-state index contributed by atoms with van der Waals surface area (Å²) in [4.78, 5) is 87.5. The summed E-state index contributed by atoms with van der Waals surface area (Å²) in [7, 11) is -16.4. The van der Waals surface area contributed by atoms with Crippen molar-refractivity contribution in [3.8, 4) is 0 Å². The number of ether oxygens (including phenoxy) is 1. The topological polar surface area (TPSA) is 364 Å². The van der Waals surface area contributed by atoms with Gasteiger partial charge in [0, 0.05) is 37.1 Å². The number of hydrogen-bond donors (Lipinski definition) is 9. The van der Waals surface area contributed by atoms with E-state index < -0.39 is 84.6 Å². The Labute approximate surface area is 330 Å². The summed E-state index contributed by atoms with van der Waals surface area (Å²) in [6.45, 7) is 2.59. The zero-order valence-electron chi connectivity index (χ0n) is 31.1. The number of imidazole rings is 1. The molecule has 2 amide bonds. The molecule has 28 heteroatoms. The first-order valence-electron chi connectivity index (χ1n) is 17.3. The Balaban J connectivity index is 1.46. The first kappa shape index (κ1) is 48.7. The molecule has 2 aromatic heterocycles. The minimum atomic E-state index is -5.57. The average Bonchev–Trinajstić information content (AvgIpc) is 3.68. The SMILES string of the molecule is CCCCC=CCC(=O)SCCNC(=O)CCNC(=O)[C@H](O)C(C)(C)COP(=O)(O)OP(=O)(O)OC[C@H]1O[C@@H](n2cnc3c(N)ncnc32)[C@H](O)[C@@H]1OP(=O)(O)O. The predicted molar refractivity (Wildman–Crippen MR) is 200 cm³/mol. The van der Waals surface area contributed by atoms with Gasteiger partial charge in [0.15, 0.2) is 22.8 Å². The fraction of sp³-hybridized carbons (Fsp3) is 0.655. The molecule has 3 rings (SSSR count). The number of nitrogens with two attached hydrogens (primary N) is 1. The molecule has 10 N–H and O–H groups in total. The van der Waals surface area contributed by atoms with Crippen molar-refractivity contribution in [2.75, 3.05) is 37.8 Å². The highest BCUT2D eigenvalue weighted by Gasteiger charge is 2.50. The molecule has 0 spiro atoms. The first-order chi connectivity index (χ1) is 26.6. The summed E-state index contributed by atoms with van der Waals surface area (Å²) in [5.41, 5.74) is 4.27. The zero-order chi connectivity index (χ0) is 42.6. The maximum atomic E-state index is 12.7. The lowest BCUT2D eigenvalue weighted by Crippen LogP contribution is -2.46. The third-order valence-electron chi connectivity index (χ3n) is 7.94. The molecule has 0 bridgehead atoms. The van der Waals surface area contributed by atoms with Crippen LogP contribution in [0.25, 0.3) is 11.2 Å². The van der Waals surface area contributed by atoms with Gasteiger partial charge in [-0.1, -0.05) is 57.5 Å². The van der Waals surface area contributed by atoms with Crippen LogP contribution in [0.5, 0.6) is 0 Å². The van der Waals surface area contributed by atoms with Gasteiger partial charge in [0.25, 0.3) is 0 Å². The Bertz CT molecular complexity index is 1860. The number of nitrogens with zero attached hydrogens (tertiary/aromatic N) is 4. The van der Waals surface area contributed by atoms with Gasteiger partial charge in [0.2, 0.25) is 11.8 Å². The molecule has 1 saturated heterocycles. The van der Waals surface area contributed by atoms with E-state index in [1.165, 1.54) is 13.8 Å². The van der Waals surface area contributed by atoms with Gasteiger partial charge in [-0.2, -0.15) is 4.31 Å². The smallest absolute Gasteiger partial charge is 0.386 e. The number of nitrogen functional groups attached to an aromatic ring is 1. The van der Waals surface area contributed by atoms with Gasteiger partial charge in [-0.25, -0.2) is 28.6 Å². The lowest BCUT2D eigenvalue weighted by Gasteiger charge is -2.30. The molecule has 24 nitrogen and oxygen atoms in total. The van der Waals surface area contributed by atoms with Crippen LogP contribution in [0.3, 0.4) is 0 Å². The third kappa shape index (κ3) is 15.8. The van der Waals surface area contributed by atoms with Crippen LogP contribution in [-0.2, 0) is 50.7 Å². The number of aliphatic hydroxyl groups is 2. The number of aromatic nitrogens is 4. The van der Waals surface area contributed by atoms with Crippen molar-refractivity contribution in [2.45, 2.75) is 83.5 Å². The zero-order valence-corrected chi connectivity index (χ0v) is 34.6. The second kappa shape index (κ2) is 21.5. The number of nitrogens with one attached hydrogen (secondary N) is 2. The number of phosphoric ester groups is 3. The van der Waals surface area contributed by atoms with E-state index in [-0.39, 0.29) is 41.6 Å². The molecule has 1 fully saturated rings. The maximum Gasteiger partial charge on any atom is 0.481 e. The largest absolute Gasteiger partial charge is 0.481 e. The van der Waals surface area contributed by atoms with Gasteiger partial charge in [-0.3, -0.25) is 32.5 Å². The molecule has 0 saturated carbocycles. The van der Waals surface area contributed by atoms with Crippen LogP contribution < -0.4 is 16.4 Å². The van der Waals surface area contributed by atoms with Gasteiger partial charge >= 0.3 is 23.5 Å². The highest BCUT2D eigenvalue weighted by Crippen LogP contribution is 2.61. The van der Waals surface area contributed by atoms with Gasteiger partial charge in [-0.15, -0.1) is 0 Å². The number of anilines is 1. The van der Waals surface area contributed by atoms with Crippen molar-refractivity contribution >= 4 is 69.1 Å². The van der Waals surface area contributed by atoms with Crippen LogP contribution in [-0.4, -0.2) is 123 Å². The summed E-state index contributed by atoms with van der Waals surface area (Å²) < 4.78 is 62.1. The van der Waals surface area contributed by atoms with Crippen molar-refractivity contribution in [1.29, 1.82) is 0 Å². The second-order valence-electron chi connectivity index (χ2n) is 13.1. The van der Waals surface area contributed by atoms with E-state index in [9.17, 15) is 57.9 Å². The summed E-state index contributed by atoms with van der Waals surface area (Å²) in [6.07, 6.45) is 0.204. The van der Waals surface area contributed by atoms with Crippen molar-refractivity contribution in [2.24, 2.45) is 5.41 Å². The normalized spacial score (nSPS) is 21.6. The Morgan fingerprint density at radius 1 is 1.07 bits per heavy atom. The Morgan fingerprint density at radius 3 is 2.46 bits per heavy atom. The number of amides is 2. The Morgan fingerprint density at radius 2 is 1.77 bits per heavy atom. The van der Waals surface area contributed by atoms with E-state index in [1.807, 2.05) is 12.2 Å². The summed E-state index contributed by atoms with van der Waals surface area (Å²) in [6, 6.07) is 0. The second-order valence-corrected chi connectivity index (χ2v) is 18.5. The average molecular weight is 892 g/mol. The molecule has 2 unspecified atom stereocenters. The number of phosphoric acid groups is 3.